The Morgan fingerprint density at radius 3 is 2.87 bits per heavy atom. The van der Waals surface area contributed by atoms with Gasteiger partial charge in [0.15, 0.2) is 0 Å². The van der Waals surface area contributed by atoms with Crippen molar-refractivity contribution >= 4 is 23.7 Å². The second kappa shape index (κ2) is 9.23. The topological polar surface area (TPSA) is 107 Å². The number of benzene rings is 2. The van der Waals surface area contributed by atoms with Gasteiger partial charge in [0.25, 0.3) is 5.91 Å². The fourth-order valence-corrected chi connectivity index (χ4v) is 2.96. The van der Waals surface area contributed by atoms with Gasteiger partial charge in [-0.05, 0) is 35.5 Å². The molecule has 0 aliphatic carbocycles. The molecule has 0 fully saturated rings. The molecule has 10 heteroatoms. The summed E-state index contributed by atoms with van der Waals surface area (Å²) in [4.78, 5) is 13.3. The van der Waals surface area contributed by atoms with E-state index in [-0.39, 0.29) is 6.54 Å². The highest BCUT2D eigenvalue weighted by Gasteiger charge is 2.11. The molecule has 0 aliphatic heterocycles. The Morgan fingerprint density at radius 1 is 1.23 bits per heavy atom. The molecule has 4 rings (SSSR count). The molecule has 0 saturated carbocycles. The van der Waals surface area contributed by atoms with E-state index >= 15 is 0 Å². The van der Waals surface area contributed by atoms with Crippen LogP contribution in [0.25, 0.3) is 22.7 Å². The van der Waals surface area contributed by atoms with Gasteiger partial charge in [0, 0.05) is 10.6 Å². The lowest BCUT2D eigenvalue weighted by Gasteiger charge is -2.06. The standard InChI is InChI=1S/C21H17ClN6O3/c1-30-18-9-7-15(22)11-17(18)19-10-8-16(31-19)12-23-24-20(29)13-28-26-21(25-27-28)14-5-3-2-4-6-14/h2-12H,13H2,1H3,(H,24,29)/b23-12-. The summed E-state index contributed by atoms with van der Waals surface area (Å²) in [6.45, 7) is -0.125. The monoisotopic (exact) mass is 436 g/mol. The first-order valence-electron chi connectivity index (χ1n) is 9.21. The van der Waals surface area contributed by atoms with E-state index in [4.69, 9.17) is 20.8 Å². The molecule has 31 heavy (non-hydrogen) atoms. The molecular formula is C21H17ClN6O3. The summed E-state index contributed by atoms with van der Waals surface area (Å²) < 4.78 is 11.1. The van der Waals surface area contributed by atoms with Crippen LogP contribution in [-0.2, 0) is 11.3 Å². The van der Waals surface area contributed by atoms with Gasteiger partial charge in [-0.1, -0.05) is 41.9 Å². The summed E-state index contributed by atoms with van der Waals surface area (Å²) in [7, 11) is 1.57. The average Bonchev–Trinajstić information content (AvgIpc) is 3.44. The first kappa shape index (κ1) is 20.3. The molecule has 0 spiro atoms. The highest BCUT2D eigenvalue weighted by Crippen LogP contribution is 2.33. The maximum atomic E-state index is 12.1. The Morgan fingerprint density at radius 2 is 2.06 bits per heavy atom. The lowest BCUT2D eigenvalue weighted by molar-refractivity contribution is -0.122. The fraction of sp³-hybridized carbons (Fsp3) is 0.0952. The second-order valence-electron chi connectivity index (χ2n) is 6.35. The Bertz CT molecular complexity index is 1220. The third-order valence-electron chi connectivity index (χ3n) is 4.20. The predicted octanol–water partition coefficient (Wildman–Crippen LogP) is 3.41. The minimum atomic E-state index is -0.406. The van der Waals surface area contributed by atoms with Gasteiger partial charge < -0.3 is 9.15 Å². The number of nitrogens with one attached hydrogen (secondary N) is 1. The molecule has 0 aliphatic rings. The molecule has 9 nitrogen and oxygen atoms in total. The third kappa shape index (κ3) is 4.96. The molecule has 4 aromatic rings. The van der Waals surface area contributed by atoms with Crippen LogP contribution in [0.1, 0.15) is 5.76 Å². The Kier molecular flexibility index (Phi) is 6.04. The van der Waals surface area contributed by atoms with Gasteiger partial charge in [-0.2, -0.15) is 9.90 Å². The lowest BCUT2D eigenvalue weighted by Crippen LogP contribution is -2.24. The number of aromatic nitrogens is 4. The van der Waals surface area contributed by atoms with Crippen molar-refractivity contribution in [2.45, 2.75) is 6.54 Å². The average molecular weight is 437 g/mol. The quantitative estimate of drug-likeness (QED) is 0.351. The summed E-state index contributed by atoms with van der Waals surface area (Å²) in [6, 6.07) is 18.1. The highest BCUT2D eigenvalue weighted by molar-refractivity contribution is 6.30. The molecule has 2 aromatic carbocycles. The first-order valence-corrected chi connectivity index (χ1v) is 9.59. The van der Waals surface area contributed by atoms with Gasteiger partial charge >= 0.3 is 0 Å². The summed E-state index contributed by atoms with van der Waals surface area (Å²) in [5.74, 6) is 1.67. The molecular weight excluding hydrogens is 420 g/mol. The summed E-state index contributed by atoms with van der Waals surface area (Å²) in [5, 5.41) is 16.5. The maximum Gasteiger partial charge on any atom is 0.263 e. The number of hydrogen-bond acceptors (Lipinski definition) is 7. The van der Waals surface area contributed by atoms with E-state index in [1.165, 1.54) is 11.0 Å². The second-order valence-corrected chi connectivity index (χ2v) is 6.79. The van der Waals surface area contributed by atoms with Crippen LogP contribution in [0.4, 0.5) is 0 Å². The number of furan rings is 1. The van der Waals surface area contributed by atoms with Crippen molar-refractivity contribution in [2.24, 2.45) is 5.10 Å². The van der Waals surface area contributed by atoms with E-state index in [2.05, 4.69) is 25.9 Å². The van der Waals surface area contributed by atoms with Crippen LogP contribution in [0.3, 0.4) is 0 Å². The number of tetrazole rings is 1. The van der Waals surface area contributed by atoms with Crippen LogP contribution in [0.15, 0.2) is 70.2 Å². The van der Waals surface area contributed by atoms with Gasteiger partial charge in [-0.15, -0.1) is 10.2 Å². The van der Waals surface area contributed by atoms with E-state index in [0.717, 1.165) is 5.56 Å². The minimum Gasteiger partial charge on any atom is -0.496 e. The number of methoxy groups -OCH3 is 1. The zero-order valence-electron chi connectivity index (χ0n) is 16.4. The number of ether oxygens (including phenoxy) is 1. The number of halogens is 1. The zero-order chi connectivity index (χ0) is 21.6. The normalized spacial score (nSPS) is 11.0. The van der Waals surface area contributed by atoms with E-state index < -0.39 is 5.91 Å². The van der Waals surface area contributed by atoms with Gasteiger partial charge in [0.1, 0.15) is 23.8 Å². The van der Waals surface area contributed by atoms with Crippen molar-refractivity contribution in [1.82, 2.24) is 25.6 Å². The fourth-order valence-electron chi connectivity index (χ4n) is 2.78. The van der Waals surface area contributed by atoms with E-state index in [1.807, 2.05) is 30.3 Å². The number of hydrogen-bond donors (Lipinski definition) is 1. The molecule has 2 aromatic heterocycles. The molecule has 0 atom stereocenters. The van der Waals surface area contributed by atoms with Crippen LogP contribution in [0.5, 0.6) is 5.75 Å². The Balaban J connectivity index is 1.36. The van der Waals surface area contributed by atoms with Crippen molar-refractivity contribution in [1.29, 1.82) is 0 Å². The van der Waals surface area contributed by atoms with Gasteiger partial charge in [-0.3, -0.25) is 4.79 Å². The molecule has 0 bridgehead atoms. The molecule has 0 saturated heterocycles. The number of rotatable bonds is 7. The van der Waals surface area contributed by atoms with Crippen LogP contribution < -0.4 is 10.2 Å². The lowest BCUT2D eigenvalue weighted by atomic mass is 10.1. The van der Waals surface area contributed by atoms with Crippen molar-refractivity contribution in [3.05, 3.63) is 71.4 Å². The minimum absolute atomic E-state index is 0.125. The van der Waals surface area contributed by atoms with Crippen LogP contribution in [-0.4, -0.2) is 39.4 Å². The van der Waals surface area contributed by atoms with Crippen LogP contribution in [0.2, 0.25) is 5.02 Å². The Labute approximate surface area is 182 Å². The van der Waals surface area contributed by atoms with Crippen LogP contribution in [0, 0.1) is 0 Å². The van der Waals surface area contributed by atoms with E-state index in [1.54, 1.807) is 37.4 Å². The summed E-state index contributed by atoms with van der Waals surface area (Å²) in [5.41, 5.74) is 3.94. The predicted molar refractivity (Wildman–Crippen MR) is 115 cm³/mol. The van der Waals surface area contributed by atoms with Gasteiger partial charge in [0.05, 0.1) is 18.9 Å². The highest BCUT2D eigenvalue weighted by atomic mass is 35.5. The number of amides is 1. The number of carbonyl (C=O) groups is 1. The number of hydrazone groups is 1. The van der Waals surface area contributed by atoms with Gasteiger partial charge in [-0.25, -0.2) is 5.43 Å². The summed E-state index contributed by atoms with van der Waals surface area (Å²) >= 11 is 6.06. The molecule has 2 heterocycles. The molecule has 0 unspecified atom stereocenters. The SMILES string of the molecule is COc1ccc(Cl)cc1-c1ccc(/C=N\NC(=O)Cn2nnc(-c3ccccc3)n2)o1. The number of nitrogens with zero attached hydrogens (tertiary/aromatic N) is 5. The maximum absolute atomic E-state index is 12.1. The third-order valence-corrected chi connectivity index (χ3v) is 4.44. The van der Waals surface area contributed by atoms with Crippen molar-refractivity contribution in [3.63, 3.8) is 0 Å². The van der Waals surface area contributed by atoms with Crippen molar-refractivity contribution < 1.29 is 13.9 Å². The molecule has 0 radical (unpaired) electrons. The molecule has 1 amide bonds. The van der Waals surface area contributed by atoms with Crippen molar-refractivity contribution in [3.8, 4) is 28.5 Å². The van der Waals surface area contributed by atoms with Crippen LogP contribution >= 0.6 is 11.6 Å². The Hall–Kier alpha value is -3.98. The first-order chi connectivity index (χ1) is 15.1. The van der Waals surface area contributed by atoms with E-state index in [9.17, 15) is 4.79 Å². The number of carbonyl (C=O) groups excluding carboxylic acids is 1. The molecule has 156 valence electrons. The van der Waals surface area contributed by atoms with Gasteiger partial charge in [0.2, 0.25) is 5.82 Å². The largest absolute Gasteiger partial charge is 0.496 e. The van der Waals surface area contributed by atoms with Crippen molar-refractivity contribution in [2.75, 3.05) is 7.11 Å². The molecule has 1 N–H and O–H groups in total. The van der Waals surface area contributed by atoms with E-state index in [0.29, 0.717) is 33.7 Å². The summed E-state index contributed by atoms with van der Waals surface area (Å²) in [6.07, 6.45) is 1.39. The smallest absolute Gasteiger partial charge is 0.263 e. The zero-order valence-corrected chi connectivity index (χ0v) is 17.2.